The largest absolute Gasteiger partial charge is 0.452 e. The predicted octanol–water partition coefficient (Wildman–Crippen LogP) is 3.82. The number of hydrogen-bond acceptors (Lipinski definition) is 5. The van der Waals surface area contributed by atoms with Gasteiger partial charge in [0.1, 0.15) is 5.60 Å². The molecule has 1 fully saturated rings. The van der Waals surface area contributed by atoms with Gasteiger partial charge >= 0.3 is 12.1 Å². The summed E-state index contributed by atoms with van der Waals surface area (Å²) in [6, 6.07) is 5.73. The number of likely N-dealkylation sites (tertiary alicyclic amines) is 1. The molecule has 0 unspecified atom stereocenters. The molecule has 0 bridgehead atoms. The predicted molar refractivity (Wildman–Crippen MR) is 111 cm³/mol. The average Bonchev–Trinajstić information content (AvgIpc) is 2.62. The molecule has 2 amide bonds. The summed E-state index contributed by atoms with van der Waals surface area (Å²) in [6.45, 7) is 11.8. The molecule has 7 heteroatoms. The first-order chi connectivity index (χ1) is 13.5. The van der Waals surface area contributed by atoms with Crippen molar-refractivity contribution in [1.29, 1.82) is 0 Å². The molecule has 0 radical (unpaired) electrons. The van der Waals surface area contributed by atoms with Crippen LogP contribution < -0.4 is 5.32 Å². The Morgan fingerprint density at radius 1 is 1.14 bits per heavy atom. The van der Waals surface area contributed by atoms with Crippen LogP contribution in [0.3, 0.4) is 0 Å². The molecule has 2 rings (SSSR count). The van der Waals surface area contributed by atoms with Crippen LogP contribution in [0.2, 0.25) is 0 Å². The SMILES string of the molecule is Cc1ccc(NC(=O)[C@@H](C)OC(=O)C2CCN(C(=O)OC(C)(C)C)CC2)c(C)c1. The van der Waals surface area contributed by atoms with E-state index in [0.29, 0.717) is 31.6 Å². The fraction of sp³-hybridized carbons (Fsp3) is 0.591. The second kappa shape index (κ2) is 9.29. The monoisotopic (exact) mass is 404 g/mol. The van der Waals surface area contributed by atoms with Crippen LogP contribution in [0.15, 0.2) is 18.2 Å². The van der Waals surface area contributed by atoms with Gasteiger partial charge in [0.2, 0.25) is 0 Å². The number of amides is 2. The van der Waals surface area contributed by atoms with Gasteiger partial charge in [0.15, 0.2) is 6.10 Å². The molecule has 1 heterocycles. The first-order valence-electron chi connectivity index (χ1n) is 10.0. The first kappa shape index (κ1) is 22.7. The summed E-state index contributed by atoms with van der Waals surface area (Å²) >= 11 is 0. The number of ether oxygens (including phenoxy) is 2. The van der Waals surface area contributed by atoms with Gasteiger partial charge in [-0.05, 0) is 66.0 Å². The maximum atomic E-state index is 12.4. The Bertz CT molecular complexity index is 761. The van der Waals surface area contributed by atoms with E-state index in [4.69, 9.17) is 9.47 Å². The molecule has 1 aliphatic rings. The average molecular weight is 405 g/mol. The van der Waals surface area contributed by atoms with Gasteiger partial charge in [-0.1, -0.05) is 17.7 Å². The van der Waals surface area contributed by atoms with Crippen molar-refractivity contribution in [1.82, 2.24) is 4.90 Å². The molecule has 1 saturated heterocycles. The van der Waals surface area contributed by atoms with Gasteiger partial charge in [0, 0.05) is 18.8 Å². The summed E-state index contributed by atoms with van der Waals surface area (Å²) in [6.07, 6.45) is -0.287. The third-order valence-corrected chi connectivity index (χ3v) is 4.78. The summed E-state index contributed by atoms with van der Waals surface area (Å²) in [4.78, 5) is 38.5. The van der Waals surface area contributed by atoms with Crippen molar-refractivity contribution in [2.75, 3.05) is 18.4 Å². The molecule has 1 aromatic carbocycles. The Balaban J connectivity index is 1.82. The van der Waals surface area contributed by atoms with E-state index in [-0.39, 0.29) is 17.9 Å². The molecule has 0 aliphatic carbocycles. The minimum atomic E-state index is -0.896. The quantitative estimate of drug-likeness (QED) is 0.771. The number of esters is 1. The van der Waals surface area contributed by atoms with E-state index in [9.17, 15) is 14.4 Å². The van der Waals surface area contributed by atoms with Crippen molar-refractivity contribution in [3.8, 4) is 0 Å². The van der Waals surface area contributed by atoms with Crippen molar-refractivity contribution in [3.63, 3.8) is 0 Å². The number of benzene rings is 1. The molecule has 1 atom stereocenters. The minimum absolute atomic E-state index is 0.329. The lowest BCUT2D eigenvalue weighted by atomic mass is 9.97. The lowest BCUT2D eigenvalue weighted by Crippen LogP contribution is -2.43. The van der Waals surface area contributed by atoms with Crippen LogP contribution in [0.4, 0.5) is 10.5 Å². The van der Waals surface area contributed by atoms with Crippen molar-refractivity contribution < 1.29 is 23.9 Å². The number of nitrogens with zero attached hydrogens (tertiary/aromatic N) is 1. The second-order valence-electron chi connectivity index (χ2n) is 8.63. The third-order valence-electron chi connectivity index (χ3n) is 4.78. The van der Waals surface area contributed by atoms with Gasteiger partial charge in [-0.3, -0.25) is 9.59 Å². The van der Waals surface area contributed by atoms with Crippen LogP contribution in [-0.2, 0) is 19.1 Å². The van der Waals surface area contributed by atoms with Gasteiger partial charge in [-0.25, -0.2) is 4.79 Å². The number of rotatable bonds is 4. The lowest BCUT2D eigenvalue weighted by Gasteiger charge is -2.32. The van der Waals surface area contributed by atoms with Gasteiger partial charge < -0.3 is 19.7 Å². The van der Waals surface area contributed by atoms with Crippen LogP contribution in [-0.4, -0.2) is 47.7 Å². The first-order valence-corrected chi connectivity index (χ1v) is 10.0. The Kier molecular flexibility index (Phi) is 7.27. The zero-order chi connectivity index (χ0) is 21.8. The molecule has 1 aliphatic heterocycles. The zero-order valence-electron chi connectivity index (χ0n) is 18.2. The van der Waals surface area contributed by atoms with Crippen molar-refractivity contribution in [2.24, 2.45) is 5.92 Å². The van der Waals surface area contributed by atoms with Gasteiger partial charge in [0.25, 0.3) is 5.91 Å². The number of aryl methyl sites for hydroxylation is 2. The van der Waals surface area contributed by atoms with E-state index in [2.05, 4.69) is 5.32 Å². The lowest BCUT2D eigenvalue weighted by molar-refractivity contribution is -0.158. The summed E-state index contributed by atoms with van der Waals surface area (Å²) in [5.41, 5.74) is 2.21. The van der Waals surface area contributed by atoms with Crippen LogP contribution in [0.25, 0.3) is 0 Å². The highest BCUT2D eigenvalue weighted by atomic mass is 16.6. The normalized spacial score (nSPS) is 16.1. The Labute approximate surface area is 172 Å². The Morgan fingerprint density at radius 2 is 1.76 bits per heavy atom. The number of carbonyl (C=O) groups is 3. The zero-order valence-corrected chi connectivity index (χ0v) is 18.2. The fourth-order valence-electron chi connectivity index (χ4n) is 3.14. The van der Waals surface area contributed by atoms with E-state index in [0.717, 1.165) is 11.1 Å². The van der Waals surface area contributed by atoms with Crippen LogP contribution in [0.5, 0.6) is 0 Å². The second-order valence-corrected chi connectivity index (χ2v) is 8.63. The van der Waals surface area contributed by atoms with E-state index in [1.54, 1.807) is 11.8 Å². The number of piperidine rings is 1. The standard InChI is InChI=1S/C22H32N2O5/c1-14-7-8-18(15(2)13-14)23-19(25)16(3)28-20(26)17-9-11-24(12-10-17)21(27)29-22(4,5)6/h7-8,13,16-17H,9-12H2,1-6H3,(H,23,25)/t16-/m1/s1. The summed E-state index contributed by atoms with van der Waals surface area (Å²) in [7, 11) is 0. The Morgan fingerprint density at radius 3 is 2.31 bits per heavy atom. The number of hydrogen-bond donors (Lipinski definition) is 1. The maximum absolute atomic E-state index is 12.4. The molecule has 29 heavy (non-hydrogen) atoms. The topological polar surface area (TPSA) is 84.9 Å². The number of anilines is 1. The molecule has 7 nitrogen and oxygen atoms in total. The highest BCUT2D eigenvalue weighted by molar-refractivity contribution is 5.95. The number of carbonyl (C=O) groups excluding carboxylic acids is 3. The smallest absolute Gasteiger partial charge is 0.410 e. The molecule has 160 valence electrons. The van der Waals surface area contributed by atoms with Gasteiger partial charge in [-0.15, -0.1) is 0 Å². The molecular formula is C22H32N2O5. The van der Waals surface area contributed by atoms with Gasteiger partial charge in [-0.2, -0.15) is 0 Å². The third kappa shape index (κ3) is 6.76. The maximum Gasteiger partial charge on any atom is 0.410 e. The van der Waals surface area contributed by atoms with Crippen LogP contribution >= 0.6 is 0 Å². The molecule has 0 spiro atoms. The molecule has 1 N–H and O–H groups in total. The van der Waals surface area contributed by atoms with E-state index >= 15 is 0 Å². The molecule has 0 aromatic heterocycles. The summed E-state index contributed by atoms with van der Waals surface area (Å²) in [5, 5.41) is 2.80. The van der Waals surface area contributed by atoms with E-state index in [1.807, 2.05) is 52.8 Å². The molecular weight excluding hydrogens is 372 g/mol. The highest BCUT2D eigenvalue weighted by Gasteiger charge is 2.32. The number of nitrogens with one attached hydrogen (secondary N) is 1. The van der Waals surface area contributed by atoms with Crippen LogP contribution in [0.1, 0.15) is 51.7 Å². The van der Waals surface area contributed by atoms with Gasteiger partial charge in [0.05, 0.1) is 5.92 Å². The highest BCUT2D eigenvalue weighted by Crippen LogP contribution is 2.22. The molecule has 1 aromatic rings. The Hall–Kier alpha value is -2.57. The van der Waals surface area contributed by atoms with Crippen LogP contribution in [0, 0.1) is 19.8 Å². The van der Waals surface area contributed by atoms with Crippen molar-refractivity contribution in [2.45, 2.75) is 66.1 Å². The van der Waals surface area contributed by atoms with E-state index in [1.165, 1.54) is 0 Å². The fourth-order valence-corrected chi connectivity index (χ4v) is 3.14. The summed E-state index contributed by atoms with van der Waals surface area (Å²) < 4.78 is 10.7. The summed E-state index contributed by atoms with van der Waals surface area (Å²) in [5.74, 6) is -1.10. The van der Waals surface area contributed by atoms with Crippen molar-refractivity contribution in [3.05, 3.63) is 29.3 Å². The van der Waals surface area contributed by atoms with Crippen molar-refractivity contribution >= 4 is 23.7 Å². The minimum Gasteiger partial charge on any atom is -0.452 e. The van der Waals surface area contributed by atoms with E-state index < -0.39 is 17.7 Å². The molecule has 0 saturated carbocycles.